The van der Waals surface area contributed by atoms with Crippen molar-refractivity contribution in [3.8, 4) is 0 Å². The van der Waals surface area contributed by atoms with Crippen LogP contribution in [-0.4, -0.2) is 136 Å². The molecule has 3 aliphatic rings. The second-order valence-corrected chi connectivity index (χ2v) is 21.7. The van der Waals surface area contributed by atoms with Crippen LogP contribution in [-0.2, 0) is 69.1 Å². The minimum atomic E-state index is -0.636. The fourth-order valence-electron chi connectivity index (χ4n) is 11.3. The molecule has 0 unspecified atom stereocenters. The number of allylic oxidation sites excluding steroid dienone is 2. The number of aromatic amines is 1. The second-order valence-electron chi connectivity index (χ2n) is 21.7. The van der Waals surface area contributed by atoms with Gasteiger partial charge in [0.25, 0.3) is 41.4 Å². The Morgan fingerprint density at radius 2 is 1.16 bits per heavy atom. The van der Waals surface area contributed by atoms with Crippen LogP contribution in [0.25, 0.3) is 6.08 Å². The summed E-state index contributed by atoms with van der Waals surface area (Å²) >= 11 is 0. The molecule has 0 aromatic carbocycles. The number of hydrogen-bond acceptors (Lipinski definition) is 14. The van der Waals surface area contributed by atoms with Gasteiger partial charge in [0, 0.05) is 159 Å². The smallest absolute Gasteiger partial charge is 0.340 e. The molecule has 11 rings (SSSR count). The third-order valence-corrected chi connectivity index (χ3v) is 15.6. The van der Waals surface area contributed by atoms with E-state index in [4.69, 9.17) is 4.74 Å². The Morgan fingerprint density at radius 1 is 0.636 bits per heavy atom. The van der Waals surface area contributed by atoms with Crippen molar-refractivity contribution < 1.29 is 52.7 Å². The molecule has 9 heterocycles. The summed E-state index contributed by atoms with van der Waals surface area (Å²) in [5.74, 6) is -4.70. The summed E-state index contributed by atoms with van der Waals surface area (Å²) in [4.78, 5) is 149. The number of likely N-dealkylation sites (tertiary alicyclic amines) is 1. The van der Waals surface area contributed by atoms with Gasteiger partial charge >= 0.3 is 5.97 Å². The Hall–Kier alpha value is -11.6. The number of nitrogens with one attached hydrogen (secondary N) is 8. The highest BCUT2D eigenvalue weighted by molar-refractivity contribution is 6.12. The van der Waals surface area contributed by atoms with Gasteiger partial charge in [-0.25, -0.2) is 19.7 Å². The lowest BCUT2D eigenvalue weighted by atomic mass is 9.82. The number of nitrogens with zero attached hydrogens (tertiary/aromatic N) is 11. The summed E-state index contributed by atoms with van der Waals surface area (Å²) < 4.78 is 15.7. The van der Waals surface area contributed by atoms with E-state index in [1.165, 1.54) is 95.8 Å². The average Bonchev–Trinajstić information content (AvgIpc) is 1.50. The number of esters is 1. The number of aryl methyl sites for hydroxylation is 8. The number of rotatable bonds is 18. The molecule has 30 nitrogen and oxygen atoms in total. The average molecular weight is 1200 g/mol. The molecule has 0 bridgehead atoms. The van der Waals surface area contributed by atoms with Crippen molar-refractivity contribution in [3.63, 3.8) is 0 Å². The normalized spacial score (nSPS) is 15.5. The number of anilines is 6. The monoisotopic (exact) mass is 1200 g/mol. The maximum Gasteiger partial charge on any atom is 0.340 e. The molecule has 2 aliphatic carbocycles. The molecular weight excluding hydrogens is 1140 g/mol. The van der Waals surface area contributed by atoms with Crippen LogP contribution < -0.4 is 37.2 Å². The Balaban J connectivity index is 0.628. The number of aromatic nitrogens is 11. The van der Waals surface area contributed by atoms with Gasteiger partial charge in [-0.3, -0.25) is 43.2 Å². The zero-order chi connectivity index (χ0) is 62.8. The fraction of sp³-hybridized carbons (Fsp3) is 0.259. The van der Waals surface area contributed by atoms with Crippen molar-refractivity contribution in [2.75, 3.05) is 52.1 Å². The molecule has 88 heavy (non-hydrogen) atoms. The van der Waals surface area contributed by atoms with E-state index in [2.05, 4.69) is 57.2 Å². The van der Waals surface area contributed by atoms with Gasteiger partial charge in [0.05, 0.1) is 41.1 Å². The van der Waals surface area contributed by atoms with Gasteiger partial charge in [0.15, 0.2) is 17.5 Å². The van der Waals surface area contributed by atoms with E-state index in [-0.39, 0.29) is 88.1 Å². The van der Waals surface area contributed by atoms with Crippen LogP contribution in [0, 0.1) is 12.8 Å². The lowest BCUT2D eigenvalue weighted by Gasteiger charge is -2.27. The Bertz CT molecular complexity index is 4370. The number of imidazole rings is 3. The predicted octanol–water partition coefficient (Wildman–Crippen LogP) is 3.58. The standard InChI is InChI=1S/C58H59N19O11/c1-29-45(57(87)88-9)46-47(61-29)39(78)20-40-58(46)21-30(58)22-77(40)44(80)11-10-35-16-31(23-71(35)3)62-52(82)37-18-33(25-73(37)5)64-55(85)49-67-41(27-75(49)7)66-43(79)12-13-60-51(81)36-17-32(24-72(36)4)63-53(83)38-19-34(26-74(38)6)65-56(86)50-68-42(28-76(50)8)69-54(84)48-59-14-15-70(48)2/h10-11,14-20,23-28,30,61H,12-13,21-22H2,1-9H3,(H,60,81)(H,62,82)(H,63,83)(H,64,85)(H,65,86)(H,66,79)(H,69,84)/t30-,58+/m1/s1. The van der Waals surface area contributed by atoms with Gasteiger partial charge in [0.1, 0.15) is 17.1 Å². The van der Waals surface area contributed by atoms with E-state index < -0.39 is 52.7 Å². The highest BCUT2D eigenvalue weighted by atomic mass is 16.5. The second kappa shape index (κ2) is 22.4. The first kappa shape index (κ1) is 58.2. The van der Waals surface area contributed by atoms with Crippen LogP contribution in [0.15, 0.2) is 91.7 Å². The van der Waals surface area contributed by atoms with E-state index in [1.807, 2.05) is 0 Å². The van der Waals surface area contributed by atoms with Crippen LogP contribution >= 0.6 is 0 Å². The van der Waals surface area contributed by atoms with E-state index >= 15 is 0 Å². The predicted molar refractivity (Wildman–Crippen MR) is 316 cm³/mol. The maximum absolute atomic E-state index is 13.7. The third-order valence-electron chi connectivity index (χ3n) is 15.6. The van der Waals surface area contributed by atoms with Gasteiger partial charge in [-0.05, 0) is 49.6 Å². The molecule has 8 aromatic rings. The van der Waals surface area contributed by atoms with E-state index in [0.717, 1.165) is 0 Å². The largest absolute Gasteiger partial charge is 0.465 e. The number of methoxy groups -OCH3 is 1. The SMILES string of the molecule is COC(=O)c1c(C)[nH]c2c1[C@@]13C[C@@H]1CN(C(=O)C=Cc1cc(NC(=O)c4cc(NC(=O)c5nc(NC(=O)CCNC(=O)c6cc(NC(=O)c7cc(NC(=O)c8nc(NC(=O)c9nccn9C)cn8C)cn7C)cn6C)cn5C)cn4C)cn1C)C3=CC2=O. The van der Waals surface area contributed by atoms with Crippen molar-refractivity contribution >= 4 is 99.5 Å². The number of piperidine rings is 1. The van der Waals surface area contributed by atoms with E-state index in [1.54, 1.807) is 96.5 Å². The zero-order valence-electron chi connectivity index (χ0n) is 49.0. The number of amides is 8. The van der Waals surface area contributed by atoms with E-state index in [9.17, 15) is 47.9 Å². The first-order valence-electron chi connectivity index (χ1n) is 27.3. The van der Waals surface area contributed by atoms with Gasteiger partial charge in [-0.15, -0.1) is 0 Å². The number of carbonyl (C=O) groups is 10. The lowest BCUT2D eigenvalue weighted by molar-refractivity contribution is -0.124. The summed E-state index contributed by atoms with van der Waals surface area (Å²) in [6.07, 6.45) is 17.3. The number of H-pyrrole nitrogens is 1. The van der Waals surface area contributed by atoms with Crippen LogP contribution in [0.1, 0.15) is 114 Å². The molecule has 8 amide bonds. The van der Waals surface area contributed by atoms with Gasteiger partial charge in [-0.1, -0.05) is 0 Å². The van der Waals surface area contributed by atoms with Crippen molar-refractivity contribution in [1.29, 1.82) is 0 Å². The first-order valence-corrected chi connectivity index (χ1v) is 27.3. The number of hydrogen-bond donors (Lipinski definition) is 8. The summed E-state index contributed by atoms with van der Waals surface area (Å²) in [6.45, 7) is 2.02. The number of ketones is 1. The molecule has 452 valence electrons. The Labute approximate surface area is 499 Å². The number of carbonyl (C=O) groups excluding carboxylic acids is 10. The molecule has 1 saturated carbocycles. The molecule has 2 atom stereocenters. The van der Waals surface area contributed by atoms with Crippen molar-refractivity contribution in [3.05, 3.63) is 154 Å². The highest BCUT2D eigenvalue weighted by Gasteiger charge is 2.68. The van der Waals surface area contributed by atoms with Crippen LogP contribution in [0.3, 0.4) is 0 Å². The molecule has 8 aromatic heterocycles. The van der Waals surface area contributed by atoms with E-state index in [0.29, 0.717) is 58.2 Å². The van der Waals surface area contributed by atoms with Gasteiger partial charge < -0.3 is 83.8 Å². The Kier molecular flexibility index (Phi) is 14.8. The van der Waals surface area contributed by atoms with Crippen molar-refractivity contribution in [1.82, 2.24) is 62.1 Å². The summed E-state index contributed by atoms with van der Waals surface area (Å²) in [7, 11) is 12.7. The van der Waals surface area contributed by atoms with Crippen molar-refractivity contribution in [2.45, 2.75) is 25.2 Å². The molecule has 30 heteroatoms. The zero-order valence-corrected chi connectivity index (χ0v) is 49.0. The third kappa shape index (κ3) is 10.8. The molecule has 0 radical (unpaired) electrons. The Morgan fingerprint density at radius 3 is 1.72 bits per heavy atom. The van der Waals surface area contributed by atoms with Crippen LogP contribution in [0.2, 0.25) is 0 Å². The number of ether oxygens (including phenoxy) is 1. The maximum atomic E-state index is 13.7. The first-order chi connectivity index (χ1) is 41.9. The molecule has 1 spiro atoms. The summed E-state index contributed by atoms with van der Waals surface area (Å²) in [6, 6.07) is 6.09. The molecule has 2 fully saturated rings. The highest BCUT2D eigenvalue weighted by Crippen LogP contribution is 2.67. The lowest BCUT2D eigenvalue weighted by Crippen LogP contribution is -2.33. The topological polar surface area (TPSA) is 356 Å². The number of fused-ring (bicyclic) bond motifs is 1. The quantitative estimate of drug-likeness (QED) is 0.0450. The summed E-state index contributed by atoms with van der Waals surface area (Å²) in [5, 5.41) is 19.0. The van der Waals surface area contributed by atoms with Gasteiger partial charge in [-0.2, -0.15) is 0 Å². The minimum Gasteiger partial charge on any atom is -0.465 e. The molecular formula is C58H59N19O11. The molecule has 1 aliphatic heterocycles. The van der Waals surface area contributed by atoms with Crippen LogP contribution in [0.5, 0.6) is 0 Å². The molecule has 8 N–H and O–H groups in total. The van der Waals surface area contributed by atoms with Crippen LogP contribution in [0.4, 0.5) is 34.4 Å². The fourth-order valence-corrected chi connectivity index (χ4v) is 11.3. The summed E-state index contributed by atoms with van der Waals surface area (Å²) in [5.41, 5.74) is 4.18. The minimum absolute atomic E-state index is 0.0114. The van der Waals surface area contributed by atoms with Gasteiger partial charge in [0.2, 0.25) is 23.3 Å². The molecule has 1 saturated heterocycles. The van der Waals surface area contributed by atoms with Crippen molar-refractivity contribution in [2.24, 2.45) is 55.3 Å².